The summed E-state index contributed by atoms with van der Waals surface area (Å²) in [6, 6.07) is 10.7. The first-order valence-corrected chi connectivity index (χ1v) is 14.5. The number of alkyl halides is 3. The standard InChI is InChI=1S/C27H34F3N3O5S/c1-20(2)38-24-10-8-22(9-11-24)33(26(34)27(28,29)30)23-6-3-7-25(17-23)39(35,36)32-12-4-5-21(19-32)18-31-13-15-37-16-14-31/h3,6-11,17,20-21H,4-5,12-16,18-19H2,1-2H3. The Balaban J connectivity index is 1.60. The van der Waals surface area contributed by atoms with Crippen LogP contribution in [0.25, 0.3) is 0 Å². The van der Waals surface area contributed by atoms with Crippen LogP contribution in [0.15, 0.2) is 53.4 Å². The number of benzene rings is 2. The predicted molar refractivity (Wildman–Crippen MR) is 141 cm³/mol. The highest BCUT2D eigenvalue weighted by atomic mass is 32.2. The van der Waals surface area contributed by atoms with Crippen molar-refractivity contribution >= 4 is 27.3 Å². The number of rotatable bonds is 8. The number of ether oxygens (including phenoxy) is 2. The molecular formula is C27H34F3N3O5S. The molecule has 214 valence electrons. The molecule has 39 heavy (non-hydrogen) atoms. The monoisotopic (exact) mass is 569 g/mol. The van der Waals surface area contributed by atoms with Crippen molar-refractivity contribution in [1.29, 1.82) is 0 Å². The number of carbonyl (C=O) groups excluding carboxylic acids is 1. The Kier molecular flexibility index (Phi) is 9.20. The van der Waals surface area contributed by atoms with Gasteiger partial charge in [-0.2, -0.15) is 17.5 Å². The van der Waals surface area contributed by atoms with Crippen molar-refractivity contribution in [3.63, 3.8) is 0 Å². The smallest absolute Gasteiger partial charge is 0.472 e. The van der Waals surface area contributed by atoms with Gasteiger partial charge in [-0.1, -0.05) is 6.07 Å². The lowest BCUT2D eigenvalue weighted by molar-refractivity contribution is -0.169. The van der Waals surface area contributed by atoms with Gasteiger partial charge >= 0.3 is 12.1 Å². The van der Waals surface area contributed by atoms with Crippen molar-refractivity contribution in [2.75, 3.05) is 50.8 Å². The largest absolute Gasteiger partial charge is 0.491 e. The summed E-state index contributed by atoms with van der Waals surface area (Å²) in [5.41, 5.74) is -0.260. The topological polar surface area (TPSA) is 79.4 Å². The molecule has 0 N–H and O–H groups in total. The van der Waals surface area contributed by atoms with E-state index in [9.17, 15) is 26.4 Å². The number of piperidine rings is 1. The van der Waals surface area contributed by atoms with Gasteiger partial charge in [0.25, 0.3) is 0 Å². The zero-order valence-corrected chi connectivity index (χ0v) is 22.9. The van der Waals surface area contributed by atoms with Gasteiger partial charge in [0, 0.05) is 38.4 Å². The van der Waals surface area contributed by atoms with E-state index in [0.29, 0.717) is 43.4 Å². The van der Waals surface area contributed by atoms with Crippen LogP contribution in [0, 0.1) is 5.92 Å². The van der Waals surface area contributed by atoms with E-state index in [-0.39, 0.29) is 28.3 Å². The zero-order chi connectivity index (χ0) is 28.2. The molecule has 4 rings (SSSR count). The van der Waals surface area contributed by atoms with Gasteiger partial charge in [-0.15, -0.1) is 0 Å². The molecule has 1 atom stereocenters. The summed E-state index contributed by atoms with van der Waals surface area (Å²) in [5.74, 6) is -1.55. The Morgan fingerprint density at radius 1 is 1.08 bits per heavy atom. The first-order valence-electron chi connectivity index (χ1n) is 13.0. The molecule has 2 aliphatic rings. The minimum Gasteiger partial charge on any atom is -0.491 e. The van der Waals surface area contributed by atoms with Gasteiger partial charge in [-0.3, -0.25) is 14.6 Å². The van der Waals surface area contributed by atoms with E-state index in [4.69, 9.17) is 9.47 Å². The Labute approximate surface area is 227 Å². The van der Waals surface area contributed by atoms with E-state index in [1.807, 2.05) is 13.8 Å². The first-order chi connectivity index (χ1) is 18.4. The fourth-order valence-corrected chi connectivity index (χ4v) is 6.53. The maximum atomic E-state index is 13.6. The molecule has 2 aromatic rings. The summed E-state index contributed by atoms with van der Waals surface area (Å²) >= 11 is 0. The molecule has 2 fully saturated rings. The van der Waals surface area contributed by atoms with E-state index >= 15 is 0 Å². The Morgan fingerprint density at radius 3 is 2.41 bits per heavy atom. The van der Waals surface area contributed by atoms with Gasteiger partial charge in [-0.05, 0) is 75.1 Å². The van der Waals surface area contributed by atoms with Crippen LogP contribution in [0.4, 0.5) is 24.5 Å². The second kappa shape index (κ2) is 12.2. The number of morpholine rings is 1. The average Bonchev–Trinajstić information content (AvgIpc) is 2.90. The van der Waals surface area contributed by atoms with Crippen molar-refractivity contribution in [3.8, 4) is 5.75 Å². The van der Waals surface area contributed by atoms with Crippen molar-refractivity contribution in [3.05, 3.63) is 48.5 Å². The van der Waals surface area contributed by atoms with Crippen LogP contribution >= 0.6 is 0 Å². The Bertz CT molecular complexity index is 1230. The minimum atomic E-state index is -5.18. The molecule has 2 saturated heterocycles. The van der Waals surface area contributed by atoms with Gasteiger partial charge in [-0.25, -0.2) is 8.42 Å². The number of hydrogen-bond donors (Lipinski definition) is 0. The van der Waals surface area contributed by atoms with Gasteiger partial charge < -0.3 is 9.47 Å². The summed E-state index contributed by atoms with van der Waals surface area (Å²) in [6.07, 6.45) is -3.74. The molecule has 2 heterocycles. The van der Waals surface area contributed by atoms with Crippen LogP contribution in [0.5, 0.6) is 5.75 Å². The normalized spacial score (nSPS) is 19.7. The molecular weight excluding hydrogens is 535 g/mol. The lowest BCUT2D eigenvalue weighted by atomic mass is 9.99. The van der Waals surface area contributed by atoms with E-state index in [0.717, 1.165) is 32.1 Å². The van der Waals surface area contributed by atoms with Crippen LogP contribution in [0.1, 0.15) is 26.7 Å². The molecule has 0 saturated carbocycles. The fourth-order valence-electron chi connectivity index (χ4n) is 4.93. The van der Waals surface area contributed by atoms with Crippen LogP contribution in [0.3, 0.4) is 0 Å². The number of hydrogen-bond acceptors (Lipinski definition) is 6. The summed E-state index contributed by atoms with van der Waals surface area (Å²) < 4.78 is 80.4. The second-order valence-electron chi connectivity index (χ2n) is 10.1. The van der Waals surface area contributed by atoms with Gasteiger partial charge in [0.05, 0.1) is 29.9 Å². The highest BCUT2D eigenvalue weighted by Gasteiger charge is 2.44. The average molecular weight is 570 g/mol. The van der Waals surface area contributed by atoms with Gasteiger partial charge in [0.1, 0.15) is 5.75 Å². The number of carbonyl (C=O) groups is 1. The summed E-state index contributed by atoms with van der Waals surface area (Å²) in [7, 11) is -4.00. The molecule has 12 heteroatoms. The predicted octanol–water partition coefficient (Wildman–Crippen LogP) is 4.43. The lowest BCUT2D eigenvalue weighted by Crippen LogP contribution is -2.46. The molecule has 0 aromatic heterocycles. The molecule has 0 radical (unpaired) electrons. The molecule has 0 aliphatic carbocycles. The number of halogens is 3. The zero-order valence-electron chi connectivity index (χ0n) is 22.1. The van der Waals surface area contributed by atoms with Crippen molar-refractivity contribution in [2.24, 2.45) is 5.92 Å². The van der Waals surface area contributed by atoms with E-state index in [2.05, 4.69) is 4.90 Å². The van der Waals surface area contributed by atoms with Crippen LogP contribution in [-0.4, -0.2) is 81.7 Å². The van der Waals surface area contributed by atoms with E-state index in [1.54, 1.807) is 0 Å². The van der Waals surface area contributed by atoms with Crippen LogP contribution < -0.4 is 9.64 Å². The van der Waals surface area contributed by atoms with Crippen molar-refractivity contribution < 1.29 is 35.9 Å². The molecule has 2 aliphatic heterocycles. The maximum absolute atomic E-state index is 13.6. The third-order valence-electron chi connectivity index (χ3n) is 6.73. The Morgan fingerprint density at radius 2 is 1.77 bits per heavy atom. The molecule has 1 amide bonds. The van der Waals surface area contributed by atoms with Crippen LogP contribution in [0.2, 0.25) is 0 Å². The molecule has 1 unspecified atom stereocenters. The number of anilines is 2. The van der Waals surface area contributed by atoms with Crippen molar-refractivity contribution in [2.45, 2.75) is 43.9 Å². The third kappa shape index (κ3) is 7.30. The minimum absolute atomic E-state index is 0.0634. The fraction of sp³-hybridized carbons (Fsp3) is 0.519. The number of nitrogens with zero attached hydrogens (tertiary/aromatic N) is 3. The lowest BCUT2D eigenvalue weighted by Gasteiger charge is -2.36. The SMILES string of the molecule is CC(C)Oc1ccc(N(C(=O)C(F)(F)F)c2cccc(S(=O)(=O)N3CCCC(CN4CCOCC4)C3)c2)cc1. The molecule has 0 bridgehead atoms. The quantitative estimate of drug-likeness (QED) is 0.468. The highest BCUT2D eigenvalue weighted by molar-refractivity contribution is 7.89. The maximum Gasteiger partial charge on any atom is 0.472 e. The van der Waals surface area contributed by atoms with Gasteiger partial charge in [0.2, 0.25) is 10.0 Å². The summed E-state index contributed by atoms with van der Waals surface area (Å²) in [5, 5.41) is 0. The molecule has 2 aromatic carbocycles. The number of amides is 1. The third-order valence-corrected chi connectivity index (χ3v) is 8.59. The molecule has 8 nitrogen and oxygen atoms in total. The van der Waals surface area contributed by atoms with E-state index in [1.165, 1.54) is 46.8 Å². The Hall–Kier alpha value is -2.67. The summed E-state index contributed by atoms with van der Waals surface area (Å²) in [6.45, 7) is 7.96. The highest BCUT2D eigenvalue weighted by Crippen LogP contribution is 2.34. The summed E-state index contributed by atoms with van der Waals surface area (Å²) in [4.78, 5) is 15.1. The molecule has 0 spiro atoms. The van der Waals surface area contributed by atoms with Gasteiger partial charge in [0.15, 0.2) is 0 Å². The second-order valence-corrected chi connectivity index (χ2v) is 12.0. The first kappa shape index (κ1) is 29.3. The van der Waals surface area contributed by atoms with Crippen LogP contribution in [-0.2, 0) is 19.6 Å². The van der Waals surface area contributed by atoms with Crippen molar-refractivity contribution in [1.82, 2.24) is 9.21 Å². The number of sulfonamides is 1. The van der Waals surface area contributed by atoms with E-state index < -0.39 is 22.1 Å².